The van der Waals surface area contributed by atoms with Crippen molar-refractivity contribution in [2.24, 2.45) is 0 Å². The summed E-state index contributed by atoms with van der Waals surface area (Å²) in [6, 6.07) is 6.87. The van der Waals surface area contributed by atoms with Gasteiger partial charge >= 0.3 is 24.7 Å². The molecular formula is C22H16F10. The molecule has 10 heteroatoms. The van der Waals surface area contributed by atoms with Crippen molar-refractivity contribution < 1.29 is 43.9 Å². The molecule has 32 heavy (non-hydrogen) atoms. The van der Waals surface area contributed by atoms with Crippen molar-refractivity contribution in [1.82, 2.24) is 0 Å². The van der Waals surface area contributed by atoms with Gasteiger partial charge in [-0.25, -0.2) is 17.6 Å². The lowest BCUT2D eigenvalue weighted by Gasteiger charge is -2.19. The van der Waals surface area contributed by atoms with E-state index in [0.29, 0.717) is 12.1 Å². The van der Waals surface area contributed by atoms with Crippen LogP contribution in [0.3, 0.4) is 0 Å². The van der Waals surface area contributed by atoms with Crippen molar-refractivity contribution in [2.45, 2.75) is 37.5 Å². The molecule has 2 aromatic rings. The second kappa shape index (κ2) is 9.38. The van der Waals surface area contributed by atoms with Gasteiger partial charge in [0, 0.05) is 6.42 Å². The summed E-state index contributed by atoms with van der Waals surface area (Å²) in [5.41, 5.74) is -1.92. The Kier molecular flexibility index (Phi) is 7.47. The monoisotopic (exact) mass is 470 g/mol. The zero-order chi connectivity index (χ0) is 24.3. The highest BCUT2D eigenvalue weighted by Gasteiger charge is 2.40. The third-order valence-electron chi connectivity index (χ3n) is 4.64. The number of benzene rings is 2. The van der Waals surface area contributed by atoms with Crippen LogP contribution >= 0.6 is 0 Å². The summed E-state index contributed by atoms with van der Waals surface area (Å²) in [7, 11) is 0. The minimum Gasteiger partial charge on any atom is -0.204 e. The van der Waals surface area contributed by atoms with Gasteiger partial charge in [-0.15, -0.1) is 0 Å². The molecule has 0 aliphatic heterocycles. The van der Waals surface area contributed by atoms with Gasteiger partial charge in [0.05, 0.1) is 11.1 Å². The van der Waals surface area contributed by atoms with Crippen LogP contribution in [0.1, 0.15) is 35.1 Å². The Hall–Kier alpha value is -2.78. The number of halogens is 10. The summed E-state index contributed by atoms with van der Waals surface area (Å²) in [5, 5.41) is 0. The first kappa shape index (κ1) is 25.5. The average Bonchev–Trinajstić information content (AvgIpc) is 2.70. The van der Waals surface area contributed by atoms with E-state index >= 15 is 0 Å². The molecule has 2 aromatic carbocycles. The van der Waals surface area contributed by atoms with Crippen LogP contribution in [0.2, 0.25) is 0 Å². The van der Waals surface area contributed by atoms with Crippen LogP contribution in [0.5, 0.6) is 0 Å². The molecule has 2 rings (SSSR count). The van der Waals surface area contributed by atoms with Gasteiger partial charge in [-0.1, -0.05) is 36.9 Å². The second-order valence-electron chi connectivity index (χ2n) is 6.81. The highest BCUT2D eigenvalue weighted by atomic mass is 19.4. The van der Waals surface area contributed by atoms with Crippen LogP contribution in [0.15, 0.2) is 61.2 Å². The van der Waals surface area contributed by atoms with Gasteiger partial charge in [-0.2, -0.15) is 26.3 Å². The van der Waals surface area contributed by atoms with Crippen molar-refractivity contribution in [1.29, 1.82) is 0 Å². The zero-order valence-electron chi connectivity index (χ0n) is 16.2. The molecule has 0 heterocycles. The Morgan fingerprint density at radius 2 is 1.12 bits per heavy atom. The summed E-state index contributed by atoms with van der Waals surface area (Å²) < 4.78 is 129. The predicted molar refractivity (Wildman–Crippen MR) is 100 cm³/mol. The lowest BCUT2D eigenvalue weighted by atomic mass is 9.89. The van der Waals surface area contributed by atoms with E-state index < -0.39 is 48.7 Å². The molecule has 0 saturated carbocycles. The molecule has 174 valence electrons. The molecular weight excluding hydrogens is 454 g/mol. The number of alkyl halides is 10. The van der Waals surface area contributed by atoms with Gasteiger partial charge in [0.2, 0.25) is 0 Å². The second-order valence-corrected chi connectivity index (χ2v) is 6.81. The molecule has 0 amide bonds. The maximum atomic E-state index is 13.5. The van der Waals surface area contributed by atoms with Crippen molar-refractivity contribution >= 4 is 11.1 Å². The minimum atomic E-state index is -4.67. The quantitative estimate of drug-likeness (QED) is 0.216. The first-order valence-corrected chi connectivity index (χ1v) is 9.03. The van der Waals surface area contributed by atoms with Gasteiger partial charge in [-0.3, -0.25) is 0 Å². The maximum Gasteiger partial charge on any atom is 0.416 e. The third-order valence-corrected chi connectivity index (χ3v) is 4.64. The van der Waals surface area contributed by atoms with Crippen molar-refractivity contribution in [3.63, 3.8) is 0 Å². The topological polar surface area (TPSA) is 0 Å². The lowest BCUT2D eigenvalue weighted by molar-refractivity contribution is -0.138. The van der Waals surface area contributed by atoms with Crippen molar-refractivity contribution in [3.8, 4) is 0 Å². The van der Waals surface area contributed by atoms with Crippen molar-refractivity contribution in [2.75, 3.05) is 0 Å². The Morgan fingerprint density at radius 1 is 0.719 bits per heavy atom. The van der Waals surface area contributed by atoms with Gasteiger partial charge in [0.1, 0.15) is 0 Å². The van der Waals surface area contributed by atoms with E-state index in [0.717, 1.165) is 42.5 Å². The van der Waals surface area contributed by atoms with E-state index in [-0.39, 0.29) is 22.3 Å². The fourth-order valence-electron chi connectivity index (χ4n) is 2.95. The molecule has 0 unspecified atom stereocenters. The first-order valence-electron chi connectivity index (χ1n) is 9.03. The van der Waals surface area contributed by atoms with Crippen LogP contribution < -0.4 is 0 Å². The molecule has 0 aliphatic carbocycles. The third kappa shape index (κ3) is 6.14. The van der Waals surface area contributed by atoms with Gasteiger partial charge in [0.15, 0.2) is 0 Å². The predicted octanol–water partition coefficient (Wildman–Crippen LogP) is 8.50. The Bertz CT molecular complexity index is 946. The highest BCUT2D eigenvalue weighted by Crippen LogP contribution is 2.38. The largest absolute Gasteiger partial charge is 0.416 e. The molecule has 0 saturated heterocycles. The minimum absolute atomic E-state index is 0.0119. The summed E-state index contributed by atoms with van der Waals surface area (Å²) >= 11 is 0. The van der Waals surface area contributed by atoms with E-state index in [2.05, 4.69) is 6.58 Å². The Balaban J connectivity index is 2.58. The fourth-order valence-corrected chi connectivity index (χ4v) is 2.95. The van der Waals surface area contributed by atoms with Crippen LogP contribution in [-0.2, 0) is 12.4 Å². The standard InChI is InChI=1S/C22H16F10/c1-2-17(13-3-7-15(8-4-13)21(27,28)29)18(11-12-20(25,26)19(23)24)14-5-9-16(10-6-14)22(30,31)32/h2-10,19H,1,11-12H2/b18-17-. The van der Waals surface area contributed by atoms with Crippen LogP contribution in [0, 0.1) is 0 Å². The Labute approximate surface area is 176 Å². The van der Waals surface area contributed by atoms with Gasteiger partial charge < -0.3 is 0 Å². The van der Waals surface area contributed by atoms with E-state index in [1.165, 1.54) is 0 Å². The smallest absolute Gasteiger partial charge is 0.204 e. The molecule has 0 atom stereocenters. The SMILES string of the molecule is C=C/C(=C(\CCC(F)(F)C(F)F)c1ccc(C(F)(F)F)cc1)c1ccc(C(F)(F)F)cc1. The summed E-state index contributed by atoms with van der Waals surface area (Å²) in [6.07, 6.45) is -14.2. The molecule has 0 aromatic heterocycles. The van der Waals surface area contributed by atoms with E-state index in [1.54, 1.807) is 0 Å². The molecule has 0 bridgehead atoms. The number of hydrogen-bond acceptors (Lipinski definition) is 0. The molecule has 0 N–H and O–H groups in total. The first-order chi connectivity index (χ1) is 14.7. The zero-order valence-corrected chi connectivity index (χ0v) is 16.2. The van der Waals surface area contributed by atoms with Crippen LogP contribution in [-0.4, -0.2) is 12.3 Å². The molecule has 0 aliphatic rings. The van der Waals surface area contributed by atoms with E-state index in [1.807, 2.05) is 0 Å². The van der Waals surface area contributed by atoms with E-state index in [9.17, 15) is 43.9 Å². The van der Waals surface area contributed by atoms with Crippen LogP contribution in [0.25, 0.3) is 11.1 Å². The highest BCUT2D eigenvalue weighted by molar-refractivity contribution is 5.95. The van der Waals surface area contributed by atoms with Gasteiger partial charge in [-0.05, 0) is 53.0 Å². The lowest BCUT2D eigenvalue weighted by Crippen LogP contribution is -2.26. The fraction of sp³-hybridized carbons (Fsp3) is 0.273. The Morgan fingerprint density at radius 3 is 1.47 bits per heavy atom. The summed E-state index contributed by atoms with van der Waals surface area (Å²) in [4.78, 5) is 0. The van der Waals surface area contributed by atoms with Crippen LogP contribution in [0.4, 0.5) is 43.9 Å². The number of hydrogen-bond donors (Lipinski definition) is 0. The molecule has 0 fully saturated rings. The van der Waals surface area contributed by atoms with Crippen molar-refractivity contribution in [3.05, 3.63) is 83.4 Å². The molecule has 0 radical (unpaired) electrons. The average molecular weight is 470 g/mol. The number of allylic oxidation sites excluding steroid dienone is 3. The summed E-state index contributed by atoms with van der Waals surface area (Å²) in [5.74, 6) is -4.37. The maximum absolute atomic E-state index is 13.5. The molecule has 0 nitrogen and oxygen atoms in total. The summed E-state index contributed by atoms with van der Waals surface area (Å²) in [6.45, 7) is 3.50. The normalized spacial score (nSPS) is 13.8. The molecule has 0 spiro atoms. The number of rotatable bonds is 7. The van der Waals surface area contributed by atoms with E-state index in [4.69, 9.17) is 0 Å². The van der Waals surface area contributed by atoms with Gasteiger partial charge in [0.25, 0.3) is 0 Å².